The van der Waals surface area contributed by atoms with E-state index in [2.05, 4.69) is 20.4 Å². The van der Waals surface area contributed by atoms with Crippen LogP contribution in [0.3, 0.4) is 0 Å². The second-order valence-corrected chi connectivity index (χ2v) is 5.99. The number of anilines is 1. The Labute approximate surface area is 115 Å². The van der Waals surface area contributed by atoms with E-state index in [1.54, 1.807) is 0 Å². The van der Waals surface area contributed by atoms with Crippen LogP contribution in [-0.4, -0.2) is 41.9 Å². The highest BCUT2D eigenvalue weighted by Gasteiger charge is 2.24. The first-order chi connectivity index (χ1) is 9.36. The lowest BCUT2D eigenvalue weighted by Crippen LogP contribution is -2.37. The summed E-state index contributed by atoms with van der Waals surface area (Å²) in [5.41, 5.74) is 0. The molecule has 5 heteroatoms. The van der Waals surface area contributed by atoms with E-state index in [-0.39, 0.29) is 0 Å². The molecule has 0 atom stereocenters. The molecule has 2 aliphatic rings. The van der Waals surface area contributed by atoms with Crippen molar-refractivity contribution < 1.29 is 0 Å². The highest BCUT2D eigenvalue weighted by atomic mass is 15.4. The molecule has 0 radical (unpaired) electrons. The molecule has 1 aromatic rings. The van der Waals surface area contributed by atoms with Crippen molar-refractivity contribution in [1.82, 2.24) is 20.5 Å². The van der Waals surface area contributed by atoms with Crippen LogP contribution in [0.25, 0.3) is 0 Å². The molecule has 0 bridgehead atoms. The third-order valence-corrected chi connectivity index (χ3v) is 4.62. The first-order valence-corrected chi connectivity index (χ1v) is 7.68. The van der Waals surface area contributed by atoms with Gasteiger partial charge in [-0.2, -0.15) is 4.98 Å². The van der Waals surface area contributed by atoms with Crippen LogP contribution in [-0.2, 0) is 0 Å². The number of H-pyrrole nitrogens is 1. The summed E-state index contributed by atoms with van der Waals surface area (Å²) in [7, 11) is 2.04. The van der Waals surface area contributed by atoms with Crippen molar-refractivity contribution in [3.8, 4) is 0 Å². The van der Waals surface area contributed by atoms with E-state index >= 15 is 0 Å². The van der Waals surface area contributed by atoms with E-state index < -0.39 is 0 Å². The Morgan fingerprint density at radius 2 is 1.95 bits per heavy atom. The second-order valence-electron chi connectivity index (χ2n) is 5.99. The molecule has 1 aromatic heterocycles. The van der Waals surface area contributed by atoms with Gasteiger partial charge in [-0.05, 0) is 45.2 Å². The molecule has 2 heterocycles. The fourth-order valence-corrected chi connectivity index (χ4v) is 3.41. The lowest BCUT2D eigenvalue weighted by Gasteiger charge is -2.31. The standard InChI is InChI=1S/C14H25N5/c1-15-10-11-6-8-19(9-7-11)14-16-13(17-18-14)12-4-2-3-5-12/h11-12,15H,2-10H2,1H3,(H,16,17,18). The summed E-state index contributed by atoms with van der Waals surface area (Å²) in [5, 5.41) is 10.9. The SMILES string of the molecule is CNCC1CCN(c2n[nH]c(C3CCCC3)n2)CC1. The second kappa shape index (κ2) is 5.90. The molecule has 19 heavy (non-hydrogen) atoms. The highest BCUT2D eigenvalue weighted by molar-refractivity contribution is 5.30. The predicted molar refractivity (Wildman–Crippen MR) is 76.5 cm³/mol. The van der Waals surface area contributed by atoms with Crippen molar-refractivity contribution in [3.63, 3.8) is 0 Å². The van der Waals surface area contributed by atoms with Crippen molar-refractivity contribution >= 4 is 5.95 Å². The number of hydrogen-bond acceptors (Lipinski definition) is 4. The van der Waals surface area contributed by atoms with Gasteiger partial charge in [0.1, 0.15) is 5.82 Å². The minimum Gasteiger partial charge on any atom is -0.340 e. The molecule has 0 unspecified atom stereocenters. The lowest BCUT2D eigenvalue weighted by atomic mass is 9.97. The number of nitrogens with zero attached hydrogens (tertiary/aromatic N) is 3. The van der Waals surface area contributed by atoms with Gasteiger partial charge in [0.25, 0.3) is 0 Å². The van der Waals surface area contributed by atoms with Gasteiger partial charge >= 0.3 is 0 Å². The average molecular weight is 263 g/mol. The molecular weight excluding hydrogens is 238 g/mol. The number of aromatic amines is 1. The first kappa shape index (κ1) is 12.9. The van der Waals surface area contributed by atoms with Gasteiger partial charge in [-0.15, -0.1) is 5.10 Å². The molecule has 106 valence electrons. The van der Waals surface area contributed by atoms with E-state index in [4.69, 9.17) is 4.98 Å². The van der Waals surface area contributed by atoms with Gasteiger partial charge in [-0.1, -0.05) is 12.8 Å². The largest absolute Gasteiger partial charge is 0.340 e. The molecule has 2 fully saturated rings. The third kappa shape index (κ3) is 2.91. The minimum absolute atomic E-state index is 0.628. The number of rotatable bonds is 4. The summed E-state index contributed by atoms with van der Waals surface area (Å²) in [6, 6.07) is 0. The molecule has 0 spiro atoms. The zero-order chi connectivity index (χ0) is 13.1. The van der Waals surface area contributed by atoms with Crippen LogP contribution in [0.2, 0.25) is 0 Å². The first-order valence-electron chi connectivity index (χ1n) is 7.68. The zero-order valence-electron chi connectivity index (χ0n) is 11.9. The van der Waals surface area contributed by atoms with Crippen LogP contribution in [0, 0.1) is 5.92 Å². The fraction of sp³-hybridized carbons (Fsp3) is 0.857. The molecule has 1 saturated heterocycles. The number of aromatic nitrogens is 3. The third-order valence-electron chi connectivity index (χ3n) is 4.62. The summed E-state index contributed by atoms with van der Waals surface area (Å²) in [6.45, 7) is 3.32. The summed E-state index contributed by atoms with van der Waals surface area (Å²) < 4.78 is 0. The molecule has 0 aromatic carbocycles. The van der Waals surface area contributed by atoms with E-state index in [0.717, 1.165) is 37.3 Å². The van der Waals surface area contributed by atoms with E-state index in [1.807, 2.05) is 7.05 Å². The van der Waals surface area contributed by atoms with E-state index in [0.29, 0.717) is 5.92 Å². The van der Waals surface area contributed by atoms with E-state index in [9.17, 15) is 0 Å². The maximum absolute atomic E-state index is 4.73. The van der Waals surface area contributed by atoms with Crippen molar-refractivity contribution in [1.29, 1.82) is 0 Å². The number of piperidine rings is 1. The Kier molecular flexibility index (Phi) is 4.01. The quantitative estimate of drug-likeness (QED) is 0.871. The Hall–Kier alpha value is -1.10. The van der Waals surface area contributed by atoms with Crippen LogP contribution in [0.4, 0.5) is 5.95 Å². The van der Waals surface area contributed by atoms with Crippen LogP contribution in [0.15, 0.2) is 0 Å². The van der Waals surface area contributed by atoms with Crippen molar-refractivity contribution in [2.45, 2.75) is 44.4 Å². The maximum Gasteiger partial charge on any atom is 0.244 e. The Morgan fingerprint density at radius 3 is 2.63 bits per heavy atom. The van der Waals surface area contributed by atoms with Crippen LogP contribution in [0.1, 0.15) is 50.3 Å². The molecule has 2 N–H and O–H groups in total. The molecule has 0 amide bonds. The van der Waals surface area contributed by atoms with Gasteiger partial charge in [0, 0.05) is 19.0 Å². The van der Waals surface area contributed by atoms with Gasteiger partial charge in [0.2, 0.25) is 5.95 Å². The molecule has 1 saturated carbocycles. The van der Waals surface area contributed by atoms with Gasteiger partial charge in [-0.3, -0.25) is 5.10 Å². The molecule has 1 aliphatic heterocycles. The van der Waals surface area contributed by atoms with E-state index in [1.165, 1.54) is 38.5 Å². The van der Waals surface area contributed by atoms with Gasteiger partial charge in [0.15, 0.2) is 0 Å². The van der Waals surface area contributed by atoms with Crippen LogP contribution >= 0.6 is 0 Å². The topological polar surface area (TPSA) is 56.8 Å². The Morgan fingerprint density at radius 1 is 1.21 bits per heavy atom. The van der Waals surface area contributed by atoms with Crippen LogP contribution < -0.4 is 10.2 Å². The van der Waals surface area contributed by atoms with Crippen LogP contribution in [0.5, 0.6) is 0 Å². The lowest BCUT2D eigenvalue weighted by molar-refractivity contribution is 0.391. The smallest absolute Gasteiger partial charge is 0.244 e. The molecular formula is C14H25N5. The maximum atomic E-state index is 4.73. The summed E-state index contributed by atoms with van der Waals surface area (Å²) in [6.07, 6.45) is 7.73. The highest BCUT2D eigenvalue weighted by Crippen LogP contribution is 2.32. The molecule has 3 rings (SSSR count). The Balaban J connectivity index is 1.58. The molecule has 1 aliphatic carbocycles. The normalized spacial score (nSPS) is 22.3. The van der Waals surface area contributed by atoms with Crippen molar-refractivity contribution in [2.24, 2.45) is 5.92 Å². The number of hydrogen-bond donors (Lipinski definition) is 2. The Bertz CT molecular complexity index is 388. The van der Waals surface area contributed by atoms with Gasteiger partial charge in [-0.25, -0.2) is 0 Å². The number of nitrogens with one attached hydrogen (secondary N) is 2. The monoisotopic (exact) mass is 263 g/mol. The summed E-state index contributed by atoms with van der Waals surface area (Å²) >= 11 is 0. The summed E-state index contributed by atoms with van der Waals surface area (Å²) in [5.74, 6) is 3.48. The minimum atomic E-state index is 0.628. The fourth-order valence-electron chi connectivity index (χ4n) is 3.41. The molecule has 5 nitrogen and oxygen atoms in total. The predicted octanol–water partition coefficient (Wildman–Crippen LogP) is 1.90. The zero-order valence-corrected chi connectivity index (χ0v) is 11.9. The average Bonchev–Trinajstić information content (AvgIpc) is 3.11. The van der Waals surface area contributed by atoms with Gasteiger partial charge < -0.3 is 10.2 Å². The van der Waals surface area contributed by atoms with Gasteiger partial charge in [0.05, 0.1) is 0 Å². The summed E-state index contributed by atoms with van der Waals surface area (Å²) in [4.78, 5) is 7.07. The van der Waals surface area contributed by atoms with Crippen molar-refractivity contribution in [3.05, 3.63) is 5.82 Å². The van der Waals surface area contributed by atoms with Crippen molar-refractivity contribution in [2.75, 3.05) is 31.6 Å².